The number of aromatic nitrogens is 3. The van der Waals surface area contributed by atoms with Crippen molar-refractivity contribution in [2.75, 3.05) is 0 Å². The monoisotopic (exact) mass is 281 g/mol. The highest BCUT2D eigenvalue weighted by molar-refractivity contribution is 9.10. The predicted molar refractivity (Wildman–Crippen MR) is 62.4 cm³/mol. The van der Waals surface area contributed by atoms with Gasteiger partial charge in [-0.25, -0.2) is 4.79 Å². The average molecular weight is 282 g/mol. The van der Waals surface area contributed by atoms with E-state index in [4.69, 9.17) is 0 Å². The first kappa shape index (κ1) is 10.8. The molecule has 0 radical (unpaired) electrons. The van der Waals surface area contributed by atoms with E-state index in [0.29, 0.717) is 10.2 Å². The first-order chi connectivity index (χ1) is 7.68. The number of halogens is 1. The van der Waals surface area contributed by atoms with Crippen molar-refractivity contribution in [3.63, 3.8) is 0 Å². The molecule has 0 saturated carbocycles. The summed E-state index contributed by atoms with van der Waals surface area (Å²) in [5.41, 5.74) is -0.151. The Kier molecular flexibility index (Phi) is 3.00. The van der Waals surface area contributed by atoms with Gasteiger partial charge in [-0.1, -0.05) is 6.07 Å². The molecule has 0 aliphatic rings. The van der Waals surface area contributed by atoms with Crippen LogP contribution in [0.1, 0.15) is 5.69 Å². The number of H-pyrrole nitrogens is 1. The van der Waals surface area contributed by atoms with Crippen LogP contribution in [-0.2, 0) is 6.54 Å². The zero-order valence-corrected chi connectivity index (χ0v) is 9.77. The first-order valence-corrected chi connectivity index (χ1v) is 5.36. The zero-order chi connectivity index (χ0) is 11.5. The van der Waals surface area contributed by atoms with Crippen LogP contribution in [0.25, 0.3) is 0 Å². The van der Waals surface area contributed by atoms with Gasteiger partial charge in [-0.15, -0.1) is 0 Å². The van der Waals surface area contributed by atoms with Gasteiger partial charge in [0.05, 0.1) is 16.7 Å². The summed E-state index contributed by atoms with van der Waals surface area (Å²) >= 11 is 3.07. The van der Waals surface area contributed by atoms with Crippen LogP contribution in [0.2, 0.25) is 0 Å². The molecule has 0 unspecified atom stereocenters. The van der Waals surface area contributed by atoms with E-state index in [1.54, 1.807) is 24.4 Å². The fourth-order valence-corrected chi connectivity index (χ4v) is 1.61. The van der Waals surface area contributed by atoms with E-state index in [9.17, 15) is 9.59 Å². The standard InChI is InChI=1S/C10H8BrN3O2/c11-8-5-13-10(16)14(9(8)15)6-7-3-1-2-4-12-7/h1-5H,6H2,(H,13,16). The van der Waals surface area contributed by atoms with Gasteiger partial charge < -0.3 is 4.98 Å². The van der Waals surface area contributed by atoms with Crippen LogP contribution in [0, 0.1) is 0 Å². The lowest BCUT2D eigenvalue weighted by molar-refractivity contribution is 0.680. The second-order valence-corrected chi connectivity index (χ2v) is 4.01. The molecule has 0 aliphatic carbocycles. The van der Waals surface area contributed by atoms with E-state index >= 15 is 0 Å². The van der Waals surface area contributed by atoms with Gasteiger partial charge in [0.2, 0.25) is 0 Å². The lowest BCUT2D eigenvalue weighted by Crippen LogP contribution is -2.35. The van der Waals surface area contributed by atoms with Crippen molar-refractivity contribution in [3.8, 4) is 0 Å². The number of pyridine rings is 1. The summed E-state index contributed by atoms with van der Waals surface area (Å²) in [5, 5.41) is 0. The molecule has 0 fully saturated rings. The van der Waals surface area contributed by atoms with Crippen molar-refractivity contribution in [3.05, 3.63) is 61.6 Å². The van der Waals surface area contributed by atoms with Crippen LogP contribution >= 0.6 is 15.9 Å². The van der Waals surface area contributed by atoms with Gasteiger partial charge in [-0.05, 0) is 28.1 Å². The highest BCUT2D eigenvalue weighted by atomic mass is 79.9. The Morgan fingerprint density at radius 2 is 2.19 bits per heavy atom. The zero-order valence-electron chi connectivity index (χ0n) is 8.18. The number of aromatic amines is 1. The minimum Gasteiger partial charge on any atom is -0.313 e. The van der Waals surface area contributed by atoms with Crippen LogP contribution in [0.3, 0.4) is 0 Å². The number of nitrogens with zero attached hydrogens (tertiary/aromatic N) is 2. The van der Waals surface area contributed by atoms with Gasteiger partial charge >= 0.3 is 5.69 Å². The summed E-state index contributed by atoms with van der Waals surface area (Å²) < 4.78 is 1.41. The van der Waals surface area contributed by atoms with Gasteiger partial charge in [0.25, 0.3) is 5.56 Å². The number of nitrogens with one attached hydrogen (secondary N) is 1. The van der Waals surface area contributed by atoms with Gasteiger partial charge in [0.1, 0.15) is 0 Å². The fourth-order valence-electron chi connectivity index (χ4n) is 1.28. The van der Waals surface area contributed by atoms with E-state index in [1.165, 1.54) is 6.20 Å². The Bertz CT molecular complexity index is 603. The largest absolute Gasteiger partial charge is 0.328 e. The summed E-state index contributed by atoms with van der Waals surface area (Å²) in [6.07, 6.45) is 2.95. The van der Waals surface area contributed by atoms with Crippen LogP contribution < -0.4 is 11.2 Å². The molecule has 0 aliphatic heterocycles. The smallest absolute Gasteiger partial charge is 0.313 e. The van der Waals surface area contributed by atoms with Crippen LogP contribution in [0.4, 0.5) is 0 Å². The Hall–Kier alpha value is -1.69. The molecule has 2 aromatic heterocycles. The molecule has 6 heteroatoms. The van der Waals surface area contributed by atoms with Gasteiger partial charge in [0, 0.05) is 12.4 Å². The molecule has 16 heavy (non-hydrogen) atoms. The molecular formula is C10H8BrN3O2. The topological polar surface area (TPSA) is 67.8 Å². The Balaban J connectivity index is 2.47. The van der Waals surface area contributed by atoms with E-state index in [0.717, 1.165) is 4.57 Å². The maximum atomic E-state index is 11.7. The Morgan fingerprint density at radius 1 is 1.38 bits per heavy atom. The van der Waals surface area contributed by atoms with E-state index in [1.807, 2.05) is 0 Å². The van der Waals surface area contributed by atoms with Crippen LogP contribution in [-0.4, -0.2) is 14.5 Å². The minimum atomic E-state index is -0.446. The molecule has 0 aromatic carbocycles. The highest BCUT2D eigenvalue weighted by Crippen LogP contribution is 1.98. The average Bonchev–Trinajstić information content (AvgIpc) is 2.31. The summed E-state index contributed by atoms with van der Waals surface area (Å²) in [7, 11) is 0. The summed E-state index contributed by atoms with van der Waals surface area (Å²) in [5.74, 6) is 0. The molecule has 0 saturated heterocycles. The molecule has 1 N–H and O–H groups in total. The molecule has 82 valence electrons. The third-order valence-corrected chi connectivity index (χ3v) is 2.63. The number of rotatable bonds is 2. The maximum absolute atomic E-state index is 11.7. The molecule has 2 rings (SSSR count). The van der Waals surface area contributed by atoms with Gasteiger partial charge in [0.15, 0.2) is 0 Å². The Labute approximate surface area is 98.9 Å². The lowest BCUT2D eigenvalue weighted by atomic mass is 10.3. The molecule has 0 amide bonds. The Morgan fingerprint density at radius 3 is 2.88 bits per heavy atom. The lowest BCUT2D eigenvalue weighted by Gasteiger charge is -2.03. The number of hydrogen-bond acceptors (Lipinski definition) is 3. The third-order valence-electron chi connectivity index (χ3n) is 2.06. The maximum Gasteiger partial charge on any atom is 0.328 e. The normalized spacial score (nSPS) is 10.3. The molecule has 2 heterocycles. The second-order valence-electron chi connectivity index (χ2n) is 3.15. The summed E-state index contributed by atoms with van der Waals surface area (Å²) in [6, 6.07) is 5.34. The van der Waals surface area contributed by atoms with Crippen LogP contribution in [0.15, 0.2) is 44.7 Å². The molecule has 5 nitrogen and oxygen atoms in total. The minimum absolute atomic E-state index is 0.161. The quantitative estimate of drug-likeness (QED) is 0.883. The highest BCUT2D eigenvalue weighted by Gasteiger charge is 2.05. The molecule has 2 aromatic rings. The van der Waals surface area contributed by atoms with Gasteiger partial charge in [-0.3, -0.25) is 14.3 Å². The fraction of sp³-hybridized carbons (Fsp3) is 0.100. The molecule has 0 spiro atoms. The number of hydrogen-bond donors (Lipinski definition) is 1. The van der Waals surface area contributed by atoms with Crippen molar-refractivity contribution < 1.29 is 0 Å². The third kappa shape index (κ3) is 2.11. The van der Waals surface area contributed by atoms with Crippen molar-refractivity contribution in [1.29, 1.82) is 0 Å². The SMILES string of the molecule is O=c1[nH]cc(Br)c(=O)n1Cc1ccccn1. The van der Waals surface area contributed by atoms with Crippen molar-refractivity contribution in [1.82, 2.24) is 14.5 Å². The van der Waals surface area contributed by atoms with Gasteiger partial charge in [-0.2, -0.15) is 0 Å². The van der Waals surface area contributed by atoms with Crippen LogP contribution in [0.5, 0.6) is 0 Å². The van der Waals surface area contributed by atoms with E-state index in [2.05, 4.69) is 25.9 Å². The molecule has 0 atom stereocenters. The predicted octanol–water partition coefficient (Wildman–Crippen LogP) is 0.742. The first-order valence-electron chi connectivity index (χ1n) is 4.56. The van der Waals surface area contributed by atoms with E-state index in [-0.39, 0.29) is 12.1 Å². The summed E-state index contributed by atoms with van der Waals surface area (Å²) in [4.78, 5) is 29.6. The van der Waals surface area contributed by atoms with Crippen molar-refractivity contribution >= 4 is 15.9 Å². The molecule has 0 bridgehead atoms. The van der Waals surface area contributed by atoms with E-state index < -0.39 is 5.69 Å². The summed E-state index contributed by atoms with van der Waals surface area (Å²) in [6.45, 7) is 0.161. The second kappa shape index (κ2) is 4.44. The molecular weight excluding hydrogens is 274 g/mol. The van der Waals surface area contributed by atoms with Crippen molar-refractivity contribution in [2.45, 2.75) is 6.54 Å². The van der Waals surface area contributed by atoms with Crippen molar-refractivity contribution in [2.24, 2.45) is 0 Å².